The molecule has 5 nitrogen and oxygen atoms in total. The van der Waals surface area contributed by atoms with Gasteiger partial charge in [-0.15, -0.1) is 0 Å². The van der Waals surface area contributed by atoms with Gasteiger partial charge in [0.2, 0.25) is 0 Å². The van der Waals surface area contributed by atoms with Gasteiger partial charge in [-0.2, -0.15) is 0 Å². The molecule has 98 valence electrons. The highest BCUT2D eigenvalue weighted by molar-refractivity contribution is 6.34. The number of anilines is 2. The Kier molecular flexibility index (Phi) is 3.63. The van der Waals surface area contributed by atoms with Crippen LogP contribution >= 0.6 is 11.6 Å². The monoisotopic (exact) mass is 269 g/mol. The second kappa shape index (κ2) is 5.04. The van der Waals surface area contributed by atoms with E-state index in [0.717, 1.165) is 13.0 Å². The van der Waals surface area contributed by atoms with Gasteiger partial charge in [0, 0.05) is 31.3 Å². The highest BCUT2D eigenvalue weighted by Gasteiger charge is 2.26. The molecule has 0 spiro atoms. The van der Waals surface area contributed by atoms with Gasteiger partial charge in [0.15, 0.2) is 0 Å². The van der Waals surface area contributed by atoms with Crippen molar-refractivity contribution in [1.29, 1.82) is 0 Å². The van der Waals surface area contributed by atoms with E-state index < -0.39 is 5.91 Å². The molecular weight excluding hydrogens is 254 g/mol. The molecule has 1 unspecified atom stereocenters. The van der Waals surface area contributed by atoms with E-state index in [1.807, 2.05) is 4.90 Å². The lowest BCUT2D eigenvalue weighted by molar-refractivity contribution is 0.100. The average Bonchev–Trinajstić information content (AvgIpc) is 2.76. The van der Waals surface area contributed by atoms with Crippen LogP contribution in [-0.2, 0) is 0 Å². The third kappa shape index (κ3) is 2.37. The van der Waals surface area contributed by atoms with Crippen LogP contribution in [0, 0.1) is 5.92 Å². The van der Waals surface area contributed by atoms with Gasteiger partial charge < -0.3 is 21.5 Å². The van der Waals surface area contributed by atoms with Crippen molar-refractivity contribution >= 4 is 28.9 Å². The predicted octanol–water partition coefficient (Wildman–Crippen LogP) is 0.840. The number of carbonyl (C=O) groups excluding carboxylic acids is 1. The zero-order chi connectivity index (χ0) is 13.3. The van der Waals surface area contributed by atoms with E-state index >= 15 is 0 Å². The van der Waals surface area contributed by atoms with Crippen molar-refractivity contribution in [3.05, 3.63) is 22.7 Å². The van der Waals surface area contributed by atoms with Crippen LogP contribution in [0.2, 0.25) is 5.02 Å². The van der Waals surface area contributed by atoms with E-state index in [4.69, 9.17) is 28.2 Å². The van der Waals surface area contributed by atoms with E-state index in [0.29, 0.717) is 28.5 Å². The molecule has 18 heavy (non-hydrogen) atoms. The van der Waals surface area contributed by atoms with Gasteiger partial charge in [-0.25, -0.2) is 0 Å². The standard InChI is InChI=1S/C12H16ClN3O2/c13-10-4-8(14)3-9(12(15)18)11(10)16-2-1-7(5-16)6-17/h3-4,7,17H,1-2,5-6,14H2,(H2,15,18). The van der Waals surface area contributed by atoms with E-state index in [9.17, 15) is 4.79 Å². The summed E-state index contributed by atoms with van der Waals surface area (Å²) in [6.07, 6.45) is 0.870. The number of aliphatic hydroxyl groups excluding tert-OH is 1. The summed E-state index contributed by atoms with van der Waals surface area (Å²) in [6, 6.07) is 3.14. The molecule has 1 atom stereocenters. The van der Waals surface area contributed by atoms with Gasteiger partial charge in [-0.05, 0) is 18.6 Å². The smallest absolute Gasteiger partial charge is 0.250 e. The number of amides is 1. The molecule has 0 radical (unpaired) electrons. The maximum absolute atomic E-state index is 11.5. The van der Waals surface area contributed by atoms with Crippen molar-refractivity contribution in [2.45, 2.75) is 6.42 Å². The summed E-state index contributed by atoms with van der Waals surface area (Å²) in [6.45, 7) is 1.55. The summed E-state index contributed by atoms with van der Waals surface area (Å²) in [5, 5.41) is 9.57. The first-order valence-electron chi connectivity index (χ1n) is 5.77. The number of benzene rings is 1. The van der Waals surface area contributed by atoms with E-state index in [-0.39, 0.29) is 12.5 Å². The lowest BCUT2D eigenvalue weighted by Gasteiger charge is -2.22. The van der Waals surface area contributed by atoms with E-state index in [1.54, 1.807) is 6.07 Å². The van der Waals surface area contributed by atoms with E-state index in [1.165, 1.54) is 6.07 Å². The highest BCUT2D eigenvalue weighted by Crippen LogP contribution is 2.35. The normalized spacial score (nSPS) is 19.2. The number of nitrogens with two attached hydrogens (primary N) is 2. The first-order valence-corrected chi connectivity index (χ1v) is 6.15. The highest BCUT2D eigenvalue weighted by atomic mass is 35.5. The number of nitrogen functional groups attached to an aromatic ring is 1. The number of primary amides is 1. The topological polar surface area (TPSA) is 92.6 Å². The third-order valence-electron chi connectivity index (χ3n) is 3.21. The van der Waals surface area contributed by atoms with Crippen LogP contribution in [0.5, 0.6) is 0 Å². The summed E-state index contributed by atoms with van der Waals surface area (Å²) < 4.78 is 0. The van der Waals surface area contributed by atoms with Gasteiger partial charge in [0.05, 0.1) is 16.3 Å². The minimum Gasteiger partial charge on any atom is -0.399 e. The second-order valence-corrected chi connectivity index (χ2v) is 4.95. The Morgan fingerprint density at radius 3 is 2.83 bits per heavy atom. The number of halogens is 1. The lowest BCUT2D eigenvalue weighted by Crippen LogP contribution is -2.25. The van der Waals surface area contributed by atoms with Gasteiger partial charge in [0.25, 0.3) is 5.91 Å². The lowest BCUT2D eigenvalue weighted by atomic mass is 10.1. The Labute approximate surface area is 110 Å². The molecule has 1 aromatic carbocycles. The fraction of sp³-hybridized carbons (Fsp3) is 0.417. The zero-order valence-electron chi connectivity index (χ0n) is 9.90. The molecule has 5 N–H and O–H groups in total. The molecule has 1 aliphatic rings. The molecule has 0 bridgehead atoms. The number of hydrogen-bond donors (Lipinski definition) is 3. The Morgan fingerprint density at radius 2 is 2.28 bits per heavy atom. The molecule has 0 aromatic heterocycles. The van der Waals surface area contributed by atoms with Crippen LogP contribution in [-0.4, -0.2) is 30.7 Å². The molecule has 1 saturated heterocycles. The number of carbonyl (C=O) groups is 1. The Morgan fingerprint density at radius 1 is 1.56 bits per heavy atom. The number of aliphatic hydroxyl groups is 1. The third-order valence-corrected chi connectivity index (χ3v) is 3.50. The van der Waals surface area contributed by atoms with Crippen molar-refractivity contribution in [2.75, 3.05) is 30.3 Å². The van der Waals surface area contributed by atoms with E-state index in [2.05, 4.69) is 0 Å². The van der Waals surface area contributed by atoms with Crippen molar-refractivity contribution in [1.82, 2.24) is 0 Å². The predicted molar refractivity (Wildman–Crippen MR) is 71.8 cm³/mol. The molecule has 1 aromatic rings. The van der Waals surface area contributed by atoms with Crippen LogP contribution in [0.25, 0.3) is 0 Å². The summed E-state index contributed by atoms with van der Waals surface area (Å²) in [5.74, 6) is -0.342. The Balaban J connectivity index is 2.40. The molecule has 0 saturated carbocycles. The molecular formula is C12H16ClN3O2. The largest absolute Gasteiger partial charge is 0.399 e. The van der Waals surface area contributed by atoms with Crippen LogP contribution in [0.3, 0.4) is 0 Å². The molecule has 2 rings (SSSR count). The maximum atomic E-state index is 11.5. The molecule has 1 aliphatic heterocycles. The molecule has 1 fully saturated rings. The molecule has 1 heterocycles. The molecule has 0 aliphatic carbocycles. The van der Waals surface area contributed by atoms with Crippen LogP contribution in [0.1, 0.15) is 16.8 Å². The maximum Gasteiger partial charge on any atom is 0.250 e. The van der Waals surface area contributed by atoms with Crippen LogP contribution in [0.15, 0.2) is 12.1 Å². The van der Waals surface area contributed by atoms with Crippen molar-refractivity contribution < 1.29 is 9.90 Å². The summed E-state index contributed by atoms with van der Waals surface area (Å²) >= 11 is 6.16. The van der Waals surface area contributed by atoms with Gasteiger partial charge in [-0.1, -0.05) is 11.6 Å². The first-order chi connectivity index (χ1) is 8.52. The summed E-state index contributed by atoms with van der Waals surface area (Å²) in [4.78, 5) is 13.4. The van der Waals surface area contributed by atoms with Crippen LogP contribution in [0.4, 0.5) is 11.4 Å². The van der Waals surface area contributed by atoms with Crippen LogP contribution < -0.4 is 16.4 Å². The minimum atomic E-state index is -0.549. The zero-order valence-corrected chi connectivity index (χ0v) is 10.7. The minimum absolute atomic E-state index is 0.134. The summed E-state index contributed by atoms with van der Waals surface area (Å²) in [5.41, 5.74) is 12.4. The molecule has 6 heteroatoms. The van der Waals surface area contributed by atoms with Crippen molar-refractivity contribution in [3.63, 3.8) is 0 Å². The van der Waals surface area contributed by atoms with Crippen molar-refractivity contribution in [3.8, 4) is 0 Å². The SMILES string of the molecule is NC(=O)c1cc(N)cc(Cl)c1N1CCC(CO)C1. The fourth-order valence-electron chi connectivity index (χ4n) is 2.31. The quantitative estimate of drug-likeness (QED) is 0.709. The summed E-state index contributed by atoms with van der Waals surface area (Å²) in [7, 11) is 0. The average molecular weight is 270 g/mol. The number of nitrogens with zero attached hydrogens (tertiary/aromatic N) is 1. The molecule has 1 amide bonds. The Bertz CT molecular complexity index is 479. The first kappa shape index (κ1) is 13.0. The van der Waals surface area contributed by atoms with Gasteiger partial charge in [0.1, 0.15) is 0 Å². The van der Waals surface area contributed by atoms with Gasteiger partial charge in [-0.3, -0.25) is 4.79 Å². The van der Waals surface area contributed by atoms with Gasteiger partial charge >= 0.3 is 0 Å². The second-order valence-electron chi connectivity index (χ2n) is 4.55. The number of rotatable bonds is 3. The fourth-order valence-corrected chi connectivity index (χ4v) is 2.66. The Hall–Kier alpha value is -1.46. The van der Waals surface area contributed by atoms with Crippen molar-refractivity contribution in [2.24, 2.45) is 11.7 Å². The number of hydrogen-bond acceptors (Lipinski definition) is 4.